The summed E-state index contributed by atoms with van der Waals surface area (Å²) in [7, 11) is 0. The Balaban J connectivity index is 2.26. The van der Waals surface area contributed by atoms with Gasteiger partial charge in [0.25, 0.3) is 5.91 Å². The minimum absolute atomic E-state index is 0.125. The van der Waals surface area contributed by atoms with Crippen molar-refractivity contribution in [3.63, 3.8) is 0 Å². The summed E-state index contributed by atoms with van der Waals surface area (Å²) in [6, 6.07) is 3.78. The second-order valence-electron chi connectivity index (χ2n) is 4.43. The molecule has 0 aromatic heterocycles. The predicted molar refractivity (Wildman–Crippen MR) is 72.6 cm³/mol. The molecule has 0 radical (unpaired) electrons. The van der Waals surface area contributed by atoms with E-state index in [1.807, 2.05) is 0 Å². The van der Waals surface area contributed by atoms with Crippen LogP contribution in [0.2, 0.25) is 0 Å². The van der Waals surface area contributed by atoms with Gasteiger partial charge in [-0.25, -0.2) is 4.79 Å². The third-order valence-corrected chi connectivity index (χ3v) is 4.14. The quantitative estimate of drug-likeness (QED) is 0.855. The SMILES string of the molecule is Cc1cc(C(=O)N2CCSCC2C(=O)O)ccc1O. The van der Waals surface area contributed by atoms with Crippen molar-refractivity contribution in [2.24, 2.45) is 0 Å². The van der Waals surface area contributed by atoms with Gasteiger partial charge in [-0.2, -0.15) is 11.8 Å². The van der Waals surface area contributed by atoms with Crippen molar-refractivity contribution in [2.45, 2.75) is 13.0 Å². The lowest BCUT2D eigenvalue weighted by atomic mass is 10.1. The Bertz CT molecular complexity index is 517. The number of carboxylic acid groups (broad SMARTS) is 1. The number of phenolic OH excluding ortho intramolecular Hbond substituents is 1. The summed E-state index contributed by atoms with van der Waals surface area (Å²) in [5, 5.41) is 18.6. The second-order valence-corrected chi connectivity index (χ2v) is 5.58. The van der Waals surface area contributed by atoms with Gasteiger partial charge < -0.3 is 15.1 Å². The number of carbonyl (C=O) groups is 2. The van der Waals surface area contributed by atoms with Crippen molar-refractivity contribution in [1.29, 1.82) is 0 Å². The topological polar surface area (TPSA) is 77.8 Å². The average molecular weight is 281 g/mol. The maximum absolute atomic E-state index is 12.3. The van der Waals surface area contributed by atoms with Gasteiger partial charge in [-0.15, -0.1) is 0 Å². The highest BCUT2D eigenvalue weighted by Crippen LogP contribution is 2.22. The minimum Gasteiger partial charge on any atom is -0.508 e. The summed E-state index contributed by atoms with van der Waals surface area (Å²) in [5.41, 5.74) is 1.01. The first kappa shape index (κ1) is 13.7. The van der Waals surface area contributed by atoms with Gasteiger partial charge in [0.15, 0.2) is 0 Å². The third kappa shape index (κ3) is 2.84. The van der Waals surface area contributed by atoms with Crippen LogP contribution in [0.3, 0.4) is 0 Å². The van der Waals surface area contributed by atoms with Gasteiger partial charge in [0.05, 0.1) is 0 Å². The molecule has 5 nitrogen and oxygen atoms in total. The molecule has 1 atom stereocenters. The highest BCUT2D eigenvalue weighted by molar-refractivity contribution is 7.99. The summed E-state index contributed by atoms with van der Waals surface area (Å²) in [4.78, 5) is 24.9. The Kier molecular flexibility index (Phi) is 3.99. The standard InChI is InChI=1S/C13H15NO4S/c1-8-6-9(2-3-11(8)15)12(16)14-4-5-19-7-10(14)13(17)18/h2-3,6,10,15H,4-5,7H2,1H3,(H,17,18). The number of hydrogen-bond acceptors (Lipinski definition) is 4. The van der Waals surface area contributed by atoms with Gasteiger partial charge in [0.2, 0.25) is 0 Å². The van der Waals surface area contributed by atoms with Crippen LogP contribution in [-0.2, 0) is 4.79 Å². The zero-order valence-electron chi connectivity index (χ0n) is 10.5. The van der Waals surface area contributed by atoms with E-state index in [4.69, 9.17) is 5.11 Å². The van der Waals surface area contributed by atoms with Crippen molar-refractivity contribution in [1.82, 2.24) is 4.90 Å². The van der Waals surface area contributed by atoms with E-state index >= 15 is 0 Å². The summed E-state index contributed by atoms with van der Waals surface area (Å²) in [6.07, 6.45) is 0. The van der Waals surface area contributed by atoms with Crippen LogP contribution in [0.1, 0.15) is 15.9 Å². The van der Waals surface area contributed by atoms with Crippen LogP contribution in [0, 0.1) is 6.92 Å². The Morgan fingerprint density at radius 1 is 1.42 bits per heavy atom. The molecule has 0 saturated carbocycles. The van der Waals surface area contributed by atoms with Gasteiger partial charge in [-0.1, -0.05) is 0 Å². The number of hydrogen-bond donors (Lipinski definition) is 2. The predicted octanol–water partition coefficient (Wildman–Crippen LogP) is 1.34. The fourth-order valence-corrected chi connectivity index (χ4v) is 3.04. The van der Waals surface area contributed by atoms with Gasteiger partial charge in [-0.05, 0) is 30.7 Å². The maximum atomic E-state index is 12.3. The Labute approximate surface area is 115 Å². The number of aromatic hydroxyl groups is 1. The normalized spacial score (nSPS) is 19.2. The summed E-state index contributed by atoms with van der Waals surface area (Å²) >= 11 is 1.54. The fraction of sp³-hybridized carbons (Fsp3) is 0.385. The molecule has 0 spiro atoms. The highest BCUT2D eigenvalue weighted by atomic mass is 32.2. The van der Waals surface area contributed by atoms with E-state index in [1.165, 1.54) is 28.8 Å². The zero-order chi connectivity index (χ0) is 14.0. The van der Waals surface area contributed by atoms with Crippen molar-refractivity contribution < 1.29 is 19.8 Å². The molecule has 19 heavy (non-hydrogen) atoms. The number of aliphatic carboxylic acids is 1. The van der Waals surface area contributed by atoms with E-state index in [2.05, 4.69) is 0 Å². The van der Waals surface area contributed by atoms with Crippen molar-refractivity contribution in [3.8, 4) is 5.75 Å². The van der Waals surface area contributed by atoms with E-state index in [-0.39, 0.29) is 11.7 Å². The molecule has 1 saturated heterocycles. The average Bonchev–Trinajstić information content (AvgIpc) is 2.41. The van der Waals surface area contributed by atoms with Crippen LogP contribution < -0.4 is 0 Å². The Morgan fingerprint density at radius 3 is 2.79 bits per heavy atom. The molecule has 1 aliphatic heterocycles. The van der Waals surface area contributed by atoms with E-state index in [9.17, 15) is 14.7 Å². The van der Waals surface area contributed by atoms with Crippen molar-refractivity contribution >= 4 is 23.6 Å². The van der Waals surface area contributed by atoms with Gasteiger partial charge >= 0.3 is 5.97 Å². The fourth-order valence-electron chi connectivity index (χ4n) is 2.01. The number of amides is 1. The first-order valence-corrected chi connectivity index (χ1v) is 7.07. The van der Waals surface area contributed by atoms with Crippen LogP contribution in [0.15, 0.2) is 18.2 Å². The zero-order valence-corrected chi connectivity index (χ0v) is 11.3. The van der Waals surface area contributed by atoms with Crippen molar-refractivity contribution in [2.75, 3.05) is 18.1 Å². The summed E-state index contributed by atoms with van der Waals surface area (Å²) in [5.74, 6) is 0.0115. The number of phenols is 1. The number of carbonyl (C=O) groups excluding carboxylic acids is 1. The van der Waals surface area contributed by atoms with Crippen LogP contribution in [0.4, 0.5) is 0 Å². The first-order chi connectivity index (χ1) is 9.00. The molecule has 1 amide bonds. The number of thioether (sulfide) groups is 1. The molecule has 0 aliphatic carbocycles. The molecule has 1 aromatic rings. The molecular weight excluding hydrogens is 266 g/mol. The third-order valence-electron chi connectivity index (χ3n) is 3.12. The molecule has 1 heterocycles. The Morgan fingerprint density at radius 2 is 2.16 bits per heavy atom. The lowest BCUT2D eigenvalue weighted by molar-refractivity contribution is -0.141. The van der Waals surface area contributed by atoms with Gasteiger partial charge in [0, 0.05) is 23.6 Å². The summed E-state index contributed by atoms with van der Waals surface area (Å²) < 4.78 is 0. The van der Waals surface area contributed by atoms with E-state index in [0.717, 1.165) is 5.75 Å². The maximum Gasteiger partial charge on any atom is 0.327 e. The molecular formula is C13H15NO4S. The lowest BCUT2D eigenvalue weighted by Gasteiger charge is -2.32. The van der Waals surface area contributed by atoms with Crippen LogP contribution in [-0.4, -0.2) is 51.1 Å². The molecule has 102 valence electrons. The molecule has 1 unspecified atom stereocenters. The molecule has 2 rings (SSSR count). The summed E-state index contributed by atoms with van der Waals surface area (Å²) in [6.45, 7) is 2.13. The Hall–Kier alpha value is -1.69. The molecule has 0 bridgehead atoms. The van der Waals surface area contributed by atoms with E-state index in [0.29, 0.717) is 23.4 Å². The number of aryl methyl sites for hydroxylation is 1. The number of nitrogens with zero attached hydrogens (tertiary/aromatic N) is 1. The van der Waals surface area contributed by atoms with Crippen molar-refractivity contribution in [3.05, 3.63) is 29.3 Å². The van der Waals surface area contributed by atoms with Crippen LogP contribution in [0.5, 0.6) is 5.75 Å². The highest BCUT2D eigenvalue weighted by Gasteiger charge is 2.32. The molecule has 1 aliphatic rings. The smallest absolute Gasteiger partial charge is 0.327 e. The van der Waals surface area contributed by atoms with Gasteiger partial charge in [-0.3, -0.25) is 4.79 Å². The second kappa shape index (κ2) is 5.52. The number of carboxylic acids is 1. The first-order valence-electron chi connectivity index (χ1n) is 5.92. The monoisotopic (exact) mass is 281 g/mol. The molecule has 1 aromatic carbocycles. The lowest BCUT2D eigenvalue weighted by Crippen LogP contribution is -2.50. The largest absolute Gasteiger partial charge is 0.508 e. The van der Waals surface area contributed by atoms with Gasteiger partial charge in [0.1, 0.15) is 11.8 Å². The molecule has 2 N–H and O–H groups in total. The number of rotatable bonds is 2. The van der Waals surface area contributed by atoms with Crippen LogP contribution in [0.25, 0.3) is 0 Å². The van der Waals surface area contributed by atoms with Crippen LogP contribution >= 0.6 is 11.8 Å². The van der Waals surface area contributed by atoms with E-state index < -0.39 is 12.0 Å². The number of benzene rings is 1. The molecule has 6 heteroatoms. The molecule has 1 fully saturated rings. The van der Waals surface area contributed by atoms with E-state index in [1.54, 1.807) is 13.0 Å². The minimum atomic E-state index is -0.976.